The zero-order valence-corrected chi connectivity index (χ0v) is 20.5. The molecule has 2 rings (SSSR count). The van der Waals surface area contributed by atoms with E-state index in [4.69, 9.17) is 0 Å². The Bertz CT molecular complexity index is 768. The van der Waals surface area contributed by atoms with Crippen LogP contribution >= 0.6 is 0 Å². The first kappa shape index (κ1) is 22.5. The predicted octanol–water partition coefficient (Wildman–Crippen LogP) is 7.73. The van der Waals surface area contributed by atoms with Gasteiger partial charge in [0.15, 0.2) is 0 Å². The van der Waals surface area contributed by atoms with Crippen molar-refractivity contribution >= 4 is 21.7 Å². The van der Waals surface area contributed by atoms with E-state index in [-0.39, 0.29) is 0 Å². The van der Waals surface area contributed by atoms with E-state index >= 15 is 0 Å². The molecule has 0 aliphatic heterocycles. The molecular weight excluding hydrogens is 368 g/mol. The second-order valence-corrected chi connectivity index (χ2v) is 20.3. The molecule has 2 heteroatoms. The molecule has 2 aromatic carbocycles. The summed E-state index contributed by atoms with van der Waals surface area (Å²) in [6.45, 7) is 14.4. The number of hydrogen-bond acceptors (Lipinski definition) is 0. The molecule has 0 aliphatic carbocycles. The Hall–Kier alpha value is -1.83. The fourth-order valence-corrected chi connectivity index (χ4v) is 6.16. The molecule has 0 saturated heterocycles. The molecule has 2 aromatic rings. The molecule has 1 unspecified atom stereocenters. The van der Waals surface area contributed by atoms with E-state index in [9.17, 15) is 0 Å². The van der Waals surface area contributed by atoms with Crippen molar-refractivity contribution < 1.29 is 0 Å². The van der Waals surface area contributed by atoms with E-state index in [2.05, 4.69) is 117 Å². The summed E-state index contributed by atoms with van der Waals surface area (Å²) in [7, 11) is -2.43. The number of rotatable bonds is 7. The van der Waals surface area contributed by atoms with Crippen LogP contribution in [0.1, 0.15) is 24.0 Å². The van der Waals surface area contributed by atoms with Crippen molar-refractivity contribution in [3.05, 3.63) is 77.9 Å². The lowest BCUT2D eigenvalue weighted by atomic mass is 9.94. The van der Waals surface area contributed by atoms with Gasteiger partial charge >= 0.3 is 0 Å². The molecule has 0 bridgehead atoms. The average molecular weight is 405 g/mol. The Morgan fingerprint density at radius 3 is 1.75 bits per heavy atom. The van der Waals surface area contributed by atoms with Gasteiger partial charge in [-0.3, -0.25) is 0 Å². The molecule has 0 saturated carbocycles. The van der Waals surface area contributed by atoms with E-state index in [1.807, 2.05) is 0 Å². The Morgan fingerprint density at radius 1 is 0.821 bits per heavy atom. The van der Waals surface area contributed by atoms with Crippen LogP contribution in [0.15, 0.2) is 66.7 Å². The third-order valence-electron chi connectivity index (χ3n) is 4.58. The molecule has 0 amide bonds. The van der Waals surface area contributed by atoms with Crippen molar-refractivity contribution in [1.29, 1.82) is 0 Å². The lowest BCUT2D eigenvalue weighted by Gasteiger charge is -2.23. The van der Waals surface area contributed by atoms with Crippen molar-refractivity contribution in [3.8, 4) is 11.5 Å². The minimum Gasteiger partial charge on any atom is -0.132 e. The van der Waals surface area contributed by atoms with E-state index in [1.165, 1.54) is 22.7 Å². The number of allylic oxidation sites excluding steroid dienone is 1. The minimum atomic E-state index is -1.30. The summed E-state index contributed by atoms with van der Waals surface area (Å²) in [5, 5.41) is 0. The topological polar surface area (TPSA) is 0 Å². The van der Waals surface area contributed by atoms with Crippen LogP contribution in [0.2, 0.25) is 45.3 Å². The molecule has 0 N–H and O–H groups in total. The van der Waals surface area contributed by atoms with Crippen molar-refractivity contribution in [2.45, 2.75) is 58.2 Å². The molecule has 0 aliphatic rings. The minimum absolute atomic E-state index is 0.651. The van der Waals surface area contributed by atoms with Gasteiger partial charge in [-0.2, -0.15) is 0 Å². The highest BCUT2D eigenvalue weighted by Crippen LogP contribution is 2.28. The third kappa shape index (κ3) is 8.46. The smallest absolute Gasteiger partial charge is 0.129 e. The maximum Gasteiger partial charge on any atom is 0.129 e. The summed E-state index contributed by atoms with van der Waals surface area (Å²) in [6, 6.07) is 22.9. The van der Waals surface area contributed by atoms with Crippen LogP contribution in [-0.2, 0) is 0 Å². The summed E-state index contributed by atoms with van der Waals surface area (Å²) >= 11 is 0. The Morgan fingerprint density at radius 2 is 1.32 bits per heavy atom. The molecule has 0 fully saturated rings. The fourth-order valence-electron chi connectivity index (χ4n) is 3.49. The van der Waals surface area contributed by atoms with Gasteiger partial charge in [-0.15, -0.1) is 11.5 Å². The standard InChI is InChI=1S/C26H36Si2/c1-27(2,3)21-13-14-23(22-28(4,5)6)19-20-26(24-15-9-7-10-16-24)25-17-11-8-12-18-25/h7-12,15-18,20,23H,14,19,22H2,1-6H3. The Labute approximate surface area is 175 Å². The molecule has 148 valence electrons. The van der Waals surface area contributed by atoms with Gasteiger partial charge < -0.3 is 0 Å². The van der Waals surface area contributed by atoms with Crippen LogP contribution in [0.5, 0.6) is 0 Å². The van der Waals surface area contributed by atoms with Crippen LogP contribution in [0.4, 0.5) is 0 Å². The maximum atomic E-state index is 3.57. The molecule has 1 atom stereocenters. The van der Waals surface area contributed by atoms with Crippen molar-refractivity contribution in [3.63, 3.8) is 0 Å². The summed E-state index contributed by atoms with van der Waals surface area (Å²) in [5.74, 6) is 4.21. The first-order chi connectivity index (χ1) is 13.1. The number of hydrogen-bond donors (Lipinski definition) is 0. The van der Waals surface area contributed by atoms with Gasteiger partial charge in [-0.1, -0.05) is 112 Å². The van der Waals surface area contributed by atoms with E-state index in [1.54, 1.807) is 0 Å². The molecule has 0 aromatic heterocycles. The third-order valence-corrected chi connectivity index (χ3v) is 7.31. The highest BCUT2D eigenvalue weighted by Gasteiger charge is 2.20. The van der Waals surface area contributed by atoms with Crippen molar-refractivity contribution in [1.82, 2.24) is 0 Å². The van der Waals surface area contributed by atoms with Gasteiger partial charge in [-0.05, 0) is 29.0 Å². The normalized spacial score (nSPS) is 12.6. The zero-order valence-electron chi connectivity index (χ0n) is 18.5. The van der Waals surface area contributed by atoms with E-state index in [0.29, 0.717) is 5.92 Å². The summed E-state index contributed by atoms with van der Waals surface area (Å²) in [5.41, 5.74) is 7.52. The SMILES string of the molecule is C[Si](C)(C)C#CCC(CC=C(c1ccccc1)c1ccccc1)C[Si](C)(C)C. The van der Waals surface area contributed by atoms with Gasteiger partial charge in [0, 0.05) is 14.5 Å². The van der Waals surface area contributed by atoms with Gasteiger partial charge in [0.1, 0.15) is 8.07 Å². The fraction of sp³-hybridized carbons (Fsp3) is 0.385. The van der Waals surface area contributed by atoms with Gasteiger partial charge in [0.25, 0.3) is 0 Å². The quantitative estimate of drug-likeness (QED) is 0.327. The Kier molecular flexibility index (Phi) is 8.10. The van der Waals surface area contributed by atoms with E-state index in [0.717, 1.165) is 12.8 Å². The van der Waals surface area contributed by atoms with Crippen molar-refractivity contribution in [2.75, 3.05) is 0 Å². The van der Waals surface area contributed by atoms with Crippen LogP contribution in [-0.4, -0.2) is 16.1 Å². The van der Waals surface area contributed by atoms with Crippen molar-refractivity contribution in [2.24, 2.45) is 5.92 Å². The molecule has 0 spiro atoms. The molecule has 28 heavy (non-hydrogen) atoms. The monoisotopic (exact) mass is 404 g/mol. The lowest BCUT2D eigenvalue weighted by molar-refractivity contribution is 0.603. The lowest BCUT2D eigenvalue weighted by Crippen LogP contribution is -2.24. The number of benzene rings is 2. The van der Waals surface area contributed by atoms with Crippen LogP contribution in [0, 0.1) is 17.4 Å². The first-order valence-corrected chi connectivity index (χ1v) is 17.7. The predicted molar refractivity (Wildman–Crippen MR) is 132 cm³/mol. The maximum absolute atomic E-state index is 3.57. The van der Waals surface area contributed by atoms with Crippen LogP contribution in [0.25, 0.3) is 5.57 Å². The second kappa shape index (κ2) is 10.1. The molecule has 0 heterocycles. The highest BCUT2D eigenvalue weighted by molar-refractivity contribution is 6.83. The highest BCUT2D eigenvalue weighted by atomic mass is 28.3. The Balaban J connectivity index is 2.29. The van der Waals surface area contributed by atoms with Gasteiger partial charge in [0.05, 0.1) is 0 Å². The zero-order chi connectivity index (χ0) is 20.6. The van der Waals surface area contributed by atoms with Gasteiger partial charge in [0.2, 0.25) is 0 Å². The average Bonchev–Trinajstić information content (AvgIpc) is 2.61. The largest absolute Gasteiger partial charge is 0.132 e. The molecule has 0 nitrogen and oxygen atoms in total. The van der Waals surface area contributed by atoms with Crippen LogP contribution < -0.4 is 0 Å². The van der Waals surface area contributed by atoms with E-state index < -0.39 is 16.1 Å². The first-order valence-electron chi connectivity index (χ1n) is 10.5. The molecular formula is C26H36Si2. The summed E-state index contributed by atoms with van der Waals surface area (Å²) in [4.78, 5) is 0. The van der Waals surface area contributed by atoms with Crippen LogP contribution in [0.3, 0.4) is 0 Å². The van der Waals surface area contributed by atoms with Gasteiger partial charge in [-0.25, -0.2) is 0 Å². The second-order valence-electron chi connectivity index (χ2n) is 9.97. The summed E-state index contributed by atoms with van der Waals surface area (Å²) in [6.07, 6.45) is 4.59. The molecule has 0 radical (unpaired) electrons. The summed E-state index contributed by atoms with van der Waals surface area (Å²) < 4.78 is 0.